The Kier molecular flexibility index (Phi) is 1.89. The molecule has 86 valence electrons. The van der Waals surface area contributed by atoms with Gasteiger partial charge >= 0.3 is 0 Å². The molecule has 2 aromatic rings. The largest absolute Gasteiger partial charge is 0.388 e. The van der Waals surface area contributed by atoms with E-state index in [9.17, 15) is 5.11 Å². The smallest absolute Gasteiger partial charge is 0.0793 e. The highest BCUT2D eigenvalue weighted by molar-refractivity contribution is 5.94. The summed E-state index contributed by atoms with van der Waals surface area (Å²) in [6, 6.07) is 8.95. The van der Waals surface area contributed by atoms with Crippen molar-refractivity contribution in [2.45, 2.75) is 38.2 Å². The van der Waals surface area contributed by atoms with E-state index in [2.05, 4.69) is 24.3 Å². The monoisotopic (exact) mass is 224 g/mol. The molecule has 0 saturated carbocycles. The predicted molar refractivity (Wildman–Crippen MR) is 69.3 cm³/mol. The molecule has 0 saturated heterocycles. The highest BCUT2D eigenvalue weighted by atomic mass is 16.3. The Morgan fingerprint density at radius 2 is 1.94 bits per heavy atom. The molecule has 4 rings (SSSR count). The first-order valence-corrected chi connectivity index (χ1v) is 6.59. The van der Waals surface area contributed by atoms with Crippen LogP contribution >= 0.6 is 0 Å². The summed E-state index contributed by atoms with van der Waals surface area (Å²) in [6.45, 7) is 0. The van der Waals surface area contributed by atoms with Crippen molar-refractivity contribution in [3.8, 4) is 0 Å². The molecule has 1 atom stereocenters. The van der Waals surface area contributed by atoms with E-state index in [0.29, 0.717) is 0 Å². The summed E-state index contributed by atoms with van der Waals surface area (Å²) in [7, 11) is 0. The molecule has 2 aromatic carbocycles. The molecule has 0 unspecified atom stereocenters. The number of rotatable bonds is 0. The summed E-state index contributed by atoms with van der Waals surface area (Å²) >= 11 is 0. The standard InChI is InChI=1S/C16H16O/c17-15-6-2-4-12-13-5-1-3-10-7-8-11(16(10)13)9-14(12)15/h1,3,5,9,15,17H,2,4,6-8H2/t15-/m1/s1. The molecule has 1 N–H and O–H groups in total. The quantitative estimate of drug-likeness (QED) is 0.728. The third-order valence-electron chi connectivity index (χ3n) is 4.40. The third-order valence-corrected chi connectivity index (χ3v) is 4.40. The fraction of sp³-hybridized carbons (Fsp3) is 0.375. The van der Waals surface area contributed by atoms with Gasteiger partial charge in [-0.2, -0.15) is 0 Å². The van der Waals surface area contributed by atoms with Crippen LogP contribution in [0.1, 0.15) is 41.2 Å². The number of hydrogen-bond donors (Lipinski definition) is 1. The fourth-order valence-electron chi connectivity index (χ4n) is 3.61. The van der Waals surface area contributed by atoms with Crippen LogP contribution in [-0.2, 0) is 19.3 Å². The Bertz CT molecular complexity index is 612. The SMILES string of the molecule is O[C@@H]1CCCc2c1cc1c3c(cccc23)CC1. The second kappa shape index (κ2) is 3.33. The van der Waals surface area contributed by atoms with Crippen LogP contribution in [0.5, 0.6) is 0 Å². The van der Waals surface area contributed by atoms with Crippen LogP contribution in [0.2, 0.25) is 0 Å². The van der Waals surface area contributed by atoms with E-state index >= 15 is 0 Å². The molecule has 0 radical (unpaired) electrons. The fourth-order valence-corrected chi connectivity index (χ4v) is 3.61. The molecule has 0 aliphatic heterocycles. The number of fused-ring (bicyclic) bond motifs is 2. The van der Waals surface area contributed by atoms with E-state index in [-0.39, 0.29) is 6.10 Å². The second-order valence-corrected chi connectivity index (χ2v) is 5.35. The third kappa shape index (κ3) is 1.23. The van der Waals surface area contributed by atoms with Crippen molar-refractivity contribution < 1.29 is 5.11 Å². The van der Waals surface area contributed by atoms with Gasteiger partial charge in [0.25, 0.3) is 0 Å². The van der Waals surface area contributed by atoms with E-state index < -0.39 is 0 Å². The molecular formula is C16H16O. The molecule has 1 heteroatoms. The summed E-state index contributed by atoms with van der Waals surface area (Å²) in [5.41, 5.74) is 5.57. The van der Waals surface area contributed by atoms with Gasteiger partial charge in [-0.1, -0.05) is 24.3 Å². The van der Waals surface area contributed by atoms with Gasteiger partial charge in [0.2, 0.25) is 0 Å². The van der Waals surface area contributed by atoms with Gasteiger partial charge < -0.3 is 5.11 Å². The maximum absolute atomic E-state index is 10.2. The molecule has 2 aliphatic carbocycles. The average Bonchev–Trinajstić information content (AvgIpc) is 2.76. The van der Waals surface area contributed by atoms with E-state index in [1.54, 1.807) is 0 Å². The minimum Gasteiger partial charge on any atom is -0.388 e. The Hall–Kier alpha value is -1.34. The number of benzene rings is 2. The molecular weight excluding hydrogens is 208 g/mol. The molecule has 0 heterocycles. The van der Waals surface area contributed by atoms with Gasteiger partial charge in [-0.05, 0) is 65.1 Å². The lowest BCUT2D eigenvalue weighted by Gasteiger charge is -2.24. The molecule has 0 fully saturated rings. The van der Waals surface area contributed by atoms with Crippen LogP contribution in [0.15, 0.2) is 24.3 Å². The molecule has 0 spiro atoms. The lowest BCUT2D eigenvalue weighted by atomic mass is 9.84. The maximum atomic E-state index is 10.2. The van der Waals surface area contributed by atoms with Crippen LogP contribution in [0.25, 0.3) is 10.8 Å². The van der Waals surface area contributed by atoms with Crippen molar-refractivity contribution in [3.05, 3.63) is 46.5 Å². The zero-order chi connectivity index (χ0) is 11.4. The lowest BCUT2D eigenvalue weighted by Crippen LogP contribution is -2.10. The molecule has 0 amide bonds. The number of aliphatic hydroxyl groups excluding tert-OH is 1. The van der Waals surface area contributed by atoms with Gasteiger partial charge in [-0.25, -0.2) is 0 Å². The Morgan fingerprint density at radius 1 is 1.06 bits per heavy atom. The van der Waals surface area contributed by atoms with Gasteiger partial charge in [0.05, 0.1) is 6.10 Å². The normalized spacial score (nSPS) is 21.8. The van der Waals surface area contributed by atoms with E-state index in [1.807, 2.05) is 0 Å². The minimum atomic E-state index is -0.233. The number of hydrogen-bond acceptors (Lipinski definition) is 1. The highest BCUT2D eigenvalue weighted by Gasteiger charge is 2.24. The van der Waals surface area contributed by atoms with Crippen LogP contribution in [0, 0.1) is 0 Å². The Morgan fingerprint density at radius 3 is 2.88 bits per heavy atom. The molecule has 1 nitrogen and oxygen atoms in total. The number of aliphatic hydroxyl groups is 1. The summed E-state index contributed by atoms with van der Waals surface area (Å²) in [5, 5.41) is 13.1. The molecule has 0 bridgehead atoms. The minimum absolute atomic E-state index is 0.233. The van der Waals surface area contributed by atoms with Gasteiger partial charge in [0.1, 0.15) is 0 Å². The summed E-state index contributed by atoms with van der Waals surface area (Å²) in [4.78, 5) is 0. The van der Waals surface area contributed by atoms with Crippen molar-refractivity contribution in [2.75, 3.05) is 0 Å². The van der Waals surface area contributed by atoms with Crippen molar-refractivity contribution in [3.63, 3.8) is 0 Å². The van der Waals surface area contributed by atoms with Crippen LogP contribution in [0.3, 0.4) is 0 Å². The first-order chi connectivity index (χ1) is 8.34. The zero-order valence-electron chi connectivity index (χ0n) is 9.87. The average molecular weight is 224 g/mol. The second-order valence-electron chi connectivity index (χ2n) is 5.35. The van der Waals surface area contributed by atoms with Crippen molar-refractivity contribution >= 4 is 10.8 Å². The van der Waals surface area contributed by atoms with E-state index in [0.717, 1.165) is 25.7 Å². The first-order valence-electron chi connectivity index (χ1n) is 6.59. The Balaban J connectivity index is 2.14. The molecule has 17 heavy (non-hydrogen) atoms. The van der Waals surface area contributed by atoms with E-state index in [1.165, 1.54) is 39.4 Å². The topological polar surface area (TPSA) is 20.2 Å². The van der Waals surface area contributed by atoms with Crippen LogP contribution in [0.4, 0.5) is 0 Å². The Labute approximate surface area is 101 Å². The van der Waals surface area contributed by atoms with Crippen molar-refractivity contribution in [1.82, 2.24) is 0 Å². The van der Waals surface area contributed by atoms with Gasteiger partial charge in [-0.15, -0.1) is 0 Å². The highest BCUT2D eigenvalue weighted by Crippen LogP contribution is 2.40. The van der Waals surface area contributed by atoms with Gasteiger partial charge in [-0.3, -0.25) is 0 Å². The van der Waals surface area contributed by atoms with Crippen LogP contribution in [-0.4, -0.2) is 5.11 Å². The maximum Gasteiger partial charge on any atom is 0.0793 e. The van der Waals surface area contributed by atoms with Crippen molar-refractivity contribution in [1.29, 1.82) is 0 Å². The first kappa shape index (κ1) is 9.67. The van der Waals surface area contributed by atoms with E-state index in [4.69, 9.17) is 0 Å². The van der Waals surface area contributed by atoms with Crippen molar-refractivity contribution in [2.24, 2.45) is 0 Å². The van der Waals surface area contributed by atoms with Gasteiger partial charge in [0, 0.05) is 0 Å². The van der Waals surface area contributed by atoms with Crippen LogP contribution < -0.4 is 0 Å². The molecule has 2 aliphatic rings. The van der Waals surface area contributed by atoms with Gasteiger partial charge in [0.15, 0.2) is 0 Å². The number of aryl methyl sites for hydroxylation is 3. The zero-order valence-corrected chi connectivity index (χ0v) is 9.87. The molecule has 0 aromatic heterocycles. The summed E-state index contributed by atoms with van der Waals surface area (Å²) in [5.74, 6) is 0. The summed E-state index contributed by atoms with van der Waals surface area (Å²) < 4.78 is 0. The summed E-state index contributed by atoms with van der Waals surface area (Å²) in [6.07, 6.45) is 5.27. The lowest BCUT2D eigenvalue weighted by molar-refractivity contribution is 0.157. The predicted octanol–water partition coefficient (Wildman–Crippen LogP) is 3.31.